The minimum Gasteiger partial charge on any atom is -0.339 e. The van der Waals surface area contributed by atoms with Crippen LogP contribution in [0.2, 0.25) is 5.02 Å². The summed E-state index contributed by atoms with van der Waals surface area (Å²) in [5.41, 5.74) is 1.01. The highest BCUT2D eigenvalue weighted by Crippen LogP contribution is 2.31. The zero-order valence-electron chi connectivity index (χ0n) is 13.5. The van der Waals surface area contributed by atoms with E-state index in [1.807, 2.05) is 6.92 Å². The molecular formula is C17H13ClF3N5. The van der Waals surface area contributed by atoms with Crippen LogP contribution in [0.3, 0.4) is 0 Å². The second-order valence-corrected chi connectivity index (χ2v) is 5.81. The number of benzene rings is 2. The van der Waals surface area contributed by atoms with E-state index in [0.717, 1.165) is 17.7 Å². The monoisotopic (exact) mass is 379 g/mol. The van der Waals surface area contributed by atoms with Gasteiger partial charge in [0.15, 0.2) is 5.82 Å². The summed E-state index contributed by atoms with van der Waals surface area (Å²) in [4.78, 5) is 4.21. The lowest BCUT2D eigenvalue weighted by molar-refractivity contribution is -0.137. The fraction of sp³-hybridized carbons (Fsp3) is 0.118. The van der Waals surface area contributed by atoms with Gasteiger partial charge in [0.05, 0.1) is 11.8 Å². The smallest absolute Gasteiger partial charge is 0.339 e. The van der Waals surface area contributed by atoms with E-state index in [0.29, 0.717) is 10.7 Å². The Bertz CT molecular complexity index is 930. The van der Waals surface area contributed by atoms with Crippen LogP contribution in [0.25, 0.3) is 0 Å². The highest BCUT2D eigenvalue weighted by atomic mass is 35.5. The topological polar surface area (TPSA) is 62.7 Å². The largest absolute Gasteiger partial charge is 0.416 e. The highest BCUT2D eigenvalue weighted by Gasteiger charge is 2.30. The molecule has 1 aromatic heterocycles. The van der Waals surface area contributed by atoms with Gasteiger partial charge in [0.1, 0.15) is 0 Å². The molecule has 9 heteroatoms. The van der Waals surface area contributed by atoms with Gasteiger partial charge in [-0.25, -0.2) is 0 Å². The first-order valence-electron chi connectivity index (χ1n) is 7.49. The van der Waals surface area contributed by atoms with Crippen molar-refractivity contribution >= 4 is 34.7 Å². The van der Waals surface area contributed by atoms with E-state index in [2.05, 4.69) is 25.8 Å². The van der Waals surface area contributed by atoms with Gasteiger partial charge < -0.3 is 10.6 Å². The fourth-order valence-electron chi connectivity index (χ4n) is 2.20. The molecule has 0 saturated carbocycles. The van der Waals surface area contributed by atoms with Gasteiger partial charge in [-0.15, -0.1) is 5.10 Å². The van der Waals surface area contributed by atoms with Crippen LogP contribution in [-0.4, -0.2) is 15.2 Å². The molecule has 2 N–H and O–H groups in total. The molecule has 0 bridgehead atoms. The normalized spacial score (nSPS) is 11.3. The van der Waals surface area contributed by atoms with E-state index < -0.39 is 11.7 Å². The van der Waals surface area contributed by atoms with Gasteiger partial charge in [-0.3, -0.25) is 0 Å². The van der Waals surface area contributed by atoms with E-state index >= 15 is 0 Å². The molecule has 0 saturated heterocycles. The number of aromatic nitrogens is 3. The molecule has 2 aromatic carbocycles. The molecule has 3 rings (SSSR count). The van der Waals surface area contributed by atoms with Crippen molar-refractivity contribution in [2.75, 3.05) is 10.6 Å². The number of anilines is 4. The number of halogens is 4. The molecule has 5 nitrogen and oxygen atoms in total. The first-order valence-corrected chi connectivity index (χ1v) is 7.87. The minimum absolute atomic E-state index is 0.187. The first-order chi connectivity index (χ1) is 12.3. The summed E-state index contributed by atoms with van der Waals surface area (Å²) >= 11 is 6.07. The van der Waals surface area contributed by atoms with Crippen LogP contribution in [0.15, 0.2) is 48.7 Å². The van der Waals surface area contributed by atoms with Gasteiger partial charge in [0.25, 0.3) is 0 Å². The van der Waals surface area contributed by atoms with E-state index in [-0.39, 0.29) is 17.5 Å². The van der Waals surface area contributed by atoms with Gasteiger partial charge >= 0.3 is 6.18 Å². The highest BCUT2D eigenvalue weighted by molar-refractivity contribution is 6.31. The molecule has 3 aromatic rings. The molecule has 0 aliphatic carbocycles. The number of rotatable bonds is 4. The molecule has 26 heavy (non-hydrogen) atoms. The molecule has 0 atom stereocenters. The van der Waals surface area contributed by atoms with E-state index in [4.69, 9.17) is 11.6 Å². The number of alkyl halides is 3. The maximum absolute atomic E-state index is 12.8. The molecule has 0 unspecified atom stereocenters. The number of nitrogens with one attached hydrogen (secondary N) is 2. The van der Waals surface area contributed by atoms with Crippen LogP contribution in [0.4, 0.5) is 36.3 Å². The molecule has 1 heterocycles. The standard InChI is InChI=1S/C17H13ClF3N5/c1-10-13(18)6-3-7-14(10)24-16-25-15(9-22-26-16)23-12-5-2-4-11(8-12)17(19,20)21/h2-9H,1H3,(H2,23,24,25,26). The molecule has 0 amide bonds. The predicted octanol–water partition coefficient (Wildman–Crippen LogP) is 5.34. The van der Waals surface area contributed by atoms with Crippen LogP contribution in [0.5, 0.6) is 0 Å². The van der Waals surface area contributed by atoms with Crippen molar-refractivity contribution in [1.29, 1.82) is 0 Å². The van der Waals surface area contributed by atoms with Crippen LogP contribution < -0.4 is 10.6 Å². The van der Waals surface area contributed by atoms with E-state index in [9.17, 15) is 13.2 Å². The predicted molar refractivity (Wildman–Crippen MR) is 94.0 cm³/mol. The maximum atomic E-state index is 12.8. The second kappa shape index (κ2) is 7.17. The van der Waals surface area contributed by atoms with Crippen LogP contribution in [0.1, 0.15) is 11.1 Å². The Hall–Kier alpha value is -2.87. The zero-order chi connectivity index (χ0) is 18.7. The van der Waals surface area contributed by atoms with Crippen molar-refractivity contribution in [3.63, 3.8) is 0 Å². The number of nitrogens with zero attached hydrogens (tertiary/aromatic N) is 3. The lowest BCUT2D eigenvalue weighted by Crippen LogP contribution is -2.06. The van der Waals surface area contributed by atoms with Gasteiger partial charge in [-0.05, 0) is 42.8 Å². The Kier molecular flexibility index (Phi) is 4.94. The zero-order valence-corrected chi connectivity index (χ0v) is 14.2. The quantitative estimate of drug-likeness (QED) is 0.640. The summed E-state index contributed by atoms with van der Waals surface area (Å²) in [5.74, 6) is 0.439. The average molecular weight is 380 g/mol. The van der Waals surface area contributed by atoms with Crippen LogP contribution in [0, 0.1) is 6.92 Å². The van der Waals surface area contributed by atoms with Crippen molar-refractivity contribution in [3.05, 3.63) is 64.8 Å². The summed E-state index contributed by atoms with van der Waals surface area (Å²) < 4.78 is 38.4. The Labute approximate surface area is 152 Å². The van der Waals surface area contributed by atoms with Crippen LogP contribution in [-0.2, 0) is 6.18 Å². The fourth-order valence-corrected chi connectivity index (χ4v) is 2.38. The van der Waals surface area contributed by atoms with E-state index in [1.54, 1.807) is 18.2 Å². The number of hydrogen-bond acceptors (Lipinski definition) is 5. The Balaban J connectivity index is 1.81. The summed E-state index contributed by atoms with van der Waals surface area (Å²) in [6, 6.07) is 10.1. The van der Waals surface area contributed by atoms with Gasteiger partial charge in [0.2, 0.25) is 5.95 Å². The Morgan fingerprint density at radius 3 is 2.58 bits per heavy atom. The number of hydrogen-bond donors (Lipinski definition) is 2. The third kappa shape index (κ3) is 4.20. The summed E-state index contributed by atoms with van der Waals surface area (Å²) in [6.07, 6.45) is -3.10. The summed E-state index contributed by atoms with van der Waals surface area (Å²) in [5, 5.41) is 14.0. The maximum Gasteiger partial charge on any atom is 0.416 e. The lowest BCUT2D eigenvalue weighted by Gasteiger charge is -2.11. The Morgan fingerprint density at radius 1 is 1.04 bits per heavy atom. The second-order valence-electron chi connectivity index (χ2n) is 5.41. The average Bonchev–Trinajstić information content (AvgIpc) is 2.59. The SMILES string of the molecule is Cc1c(Cl)cccc1Nc1nncc(Nc2cccc(C(F)(F)F)c2)n1. The summed E-state index contributed by atoms with van der Waals surface area (Å²) in [6.45, 7) is 1.84. The molecule has 0 aliphatic heterocycles. The lowest BCUT2D eigenvalue weighted by atomic mass is 10.2. The molecular weight excluding hydrogens is 367 g/mol. The molecule has 0 aliphatic rings. The van der Waals surface area contributed by atoms with Gasteiger partial charge in [-0.1, -0.05) is 23.7 Å². The van der Waals surface area contributed by atoms with Gasteiger partial charge in [-0.2, -0.15) is 23.3 Å². The Morgan fingerprint density at radius 2 is 1.81 bits per heavy atom. The molecule has 134 valence electrons. The van der Waals surface area contributed by atoms with Crippen molar-refractivity contribution in [2.24, 2.45) is 0 Å². The third-order valence-corrected chi connectivity index (χ3v) is 3.94. The molecule has 0 fully saturated rings. The summed E-state index contributed by atoms with van der Waals surface area (Å²) in [7, 11) is 0. The van der Waals surface area contributed by atoms with Crippen molar-refractivity contribution in [1.82, 2.24) is 15.2 Å². The van der Waals surface area contributed by atoms with Gasteiger partial charge in [0, 0.05) is 16.4 Å². The third-order valence-electron chi connectivity index (χ3n) is 3.54. The minimum atomic E-state index is -4.42. The van der Waals surface area contributed by atoms with Crippen molar-refractivity contribution in [3.8, 4) is 0 Å². The molecule has 0 radical (unpaired) electrons. The van der Waals surface area contributed by atoms with Crippen molar-refractivity contribution < 1.29 is 13.2 Å². The first kappa shape index (κ1) is 17.9. The molecule has 0 spiro atoms. The van der Waals surface area contributed by atoms with E-state index in [1.165, 1.54) is 18.3 Å². The van der Waals surface area contributed by atoms with Crippen LogP contribution >= 0.6 is 11.6 Å². The van der Waals surface area contributed by atoms with Crippen molar-refractivity contribution in [2.45, 2.75) is 13.1 Å².